The molecule has 2 aliphatic carbocycles. The molecule has 3 nitrogen and oxygen atoms in total. The van der Waals surface area contributed by atoms with Crippen LogP contribution in [-0.4, -0.2) is 4.57 Å². The van der Waals surface area contributed by atoms with Crippen LogP contribution in [0, 0.1) is 0 Å². The van der Waals surface area contributed by atoms with Crippen LogP contribution in [0.15, 0.2) is 158 Å². The molecule has 0 saturated heterocycles. The van der Waals surface area contributed by atoms with Crippen molar-refractivity contribution in [3.8, 4) is 22.3 Å². The highest BCUT2D eigenvalue weighted by molar-refractivity contribution is 5.86. The molecule has 2 aliphatic rings. The molecule has 0 aliphatic heterocycles. The molecule has 6 aromatic carbocycles. The Morgan fingerprint density at radius 3 is 1.22 bits per heavy atom. The van der Waals surface area contributed by atoms with E-state index in [2.05, 4.69) is 179 Å². The van der Waals surface area contributed by atoms with Gasteiger partial charge in [0.05, 0.1) is 0 Å². The summed E-state index contributed by atoms with van der Waals surface area (Å²) in [6, 6.07) is 57.4. The van der Waals surface area contributed by atoms with Gasteiger partial charge in [-0.15, -0.1) is 0 Å². The maximum atomic E-state index is 2.38. The summed E-state index contributed by atoms with van der Waals surface area (Å²) in [5.74, 6) is 2.21. The fourth-order valence-corrected chi connectivity index (χ4v) is 7.46. The molecule has 0 atom stereocenters. The highest BCUT2D eigenvalue weighted by Crippen LogP contribution is 2.45. The minimum Gasteiger partial charge on any atom is -0.316 e. The fourth-order valence-electron chi connectivity index (χ4n) is 7.46. The lowest BCUT2D eigenvalue weighted by Crippen LogP contribution is -2.17. The molecular weight excluding hydrogens is 558 g/mol. The first-order valence-electron chi connectivity index (χ1n) is 16.0. The van der Waals surface area contributed by atoms with E-state index in [1.54, 1.807) is 0 Å². The lowest BCUT2D eigenvalue weighted by molar-refractivity contribution is 0.900. The zero-order valence-electron chi connectivity index (χ0n) is 25.8. The average Bonchev–Trinajstić information content (AvgIpc) is 3.79. The van der Waals surface area contributed by atoms with E-state index >= 15 is 0 Å². The third-order valence-electron chi connectivity index (χ3n) is 9.63. The van der Waals surface area contributed by atoms with Crippen molar-refractivity contribution in [3.63, 3.8) is 0 Å². The van der Waals surface area contributed by atoms with Crippen molar-refractivity contribution in [1.82, 2.24) is 4.57 Å². The van der Waals surface area contributed by atoms with Crippen molar-refractivity contribution in [2.24, 2.45) is 7.05 Å². The van der Waals surface area contributed by atoms with Gasteiger partial charge in [0.2, 0.25) is 0 Å². The van der Waals surface area contributed by atoms with Gasteiger partial charge >= 0.3 is 0 Å². The molecule has 0 unspecified atom stereocenters. The van der Waals surface area contributed by atoms with Crippen molar-refractivity contribution >= 4 is 34.4 Å². The third kappa shape index (κ3) is 4.28. The summed E-state index contributed by atoms with van der Waals surface area (Å²) >= 11 is 0. The van der Waals surface area contributed by atoms with E-state index in [1.165, 1.54) is 44.5 Å². The molecule has 0 bridgehead atoms. The Labute approximate surface area is 270 Å². The number of anilines is 6. The van der Waals surface area contributed by atoms with Crippen molar-refractivity contribution in [2.45, 2.75) is 12.8 Å². The normalized spacial score (nSPS) is 12.3. The van der Waals surface area contributed by atoms with Crippen LogP contribution in [-0.2, 0) is 19.9 Å². The van der Waals surface area contributed by atoms with Crippen LogP contribution in [0.3, 0.4) is 0 Å². The highest BCUT2D eigenvalue weighted by Gasteiger charge is 2.25. The van der Waals surface area contributed by atoms with E-state index in [4.69, 9.17) is 0 Å². The lowest BCUT2D eigenvalue weighted by atomic mass is 10.0. The SMILES string of the molecule is Cn1c(N(c2ccccc2)c2ccc3c(c2)Cc2ccccc2-3)ccc1N(c1ccccc1)c1ccc2c(c1)Cc1ccccc1-2. The molecular formula is C43H33N3. The summed E-state index contributed by atoms with van der Waals surface area (Å²) in [6.07, 6.45) is 1.93. The summed E-state index contributed by atoms with van der Waals surface area (Å²) in [4.78, 5) is 4.77. The topological polar surface area (TPSA) is 11.4 Å². The standard InChI is InChI=1S/C43H33N3/c1-44-42(45(34-14-4-2-5-15-34)36-20-22-40-32(28-36)26-30-12-8-10-18-38(30)40)24-25-43(44)46(35-16-6-3-7-17-35)37-21-23-41-33(29-37)27-31-13-9-11-19-39(31)41/h2-25,28-29H,26-27H2,1H3. The third-order valence-corrected chi connectivity index (χ3v) is 9.63. The second-order valence-electron chi connectivity index (χ2n) is 12.3. The largest absolute Gasteiger partial charge is 0.316 e. The quantitative estimate of drug-likeness (QED) is 0.191. The minimum absolute atomic E-state index is 0.963. The summed E-state index contributed by atoms with van der Waals surface area (Å²) < 4.78 is 2.32. The first-order chi connectivity index (χ1) is 22.7. The molecule has 220 valence electrons. The Bertz CT molecular complexity index is 2070. The zero-order chi connectivity index (χ0) is 30.6. The number of para-hydroxylation sites is 2. The molecule has 0 fully saturated rings. The van der Waals surface area contributed by atoms with E-state index in [-0.39, 0.29) is 0 Å². The summed E-state index contributed by atoms with van der Waals surface area (Å²) in [5.41, 5.74) is 15.5. The van der Waals surface area contributed by atoms with Gasteiger partial charge < -0.3 is 4.57 Å². The van der Waals surface area contributed by atoms with Crippen LogP contribution in [0.25, 0.3) is 22.3 Å². The van der Waals surface area contributed by atoms with Gasteiger partial charge in [-0.3, -0.25) is 9.80 Å². The van der Waals surface area contributed by atoms with Crippen molar-refractivity contribution < 1.29 is 0 Å². The smallest absolute Gasteiger partial charge is 0.119 e. The number of hydrogen-bond donors (Lipinski definition) is 0. The van der Waals surface area contributed by atoms with Gasteiger partial charge in [-0.1, -0.05) is 97.1 Å². The molecule has 46 heavy (non-hydrogen) atoms. The number of rotatable bonds is 6. The number of nitrogens with zero attached hydrogens (tertiary/aromatic N) is 3. The van der Waals surface area contributed by atoms with Crippen LogP contribution in [0.1, 0.15) is 22.3 Å². The lowest BCUT2D eigenvalue weighted by Gasteiger charge is -2.29. The second kappa shape index (κ2) is 10.7. The average molecular weight is 592 g/mol. The predicted octanol–water partition coefficient (Wildman–Crippen LogP) is 11.1. The van der Waals surface area contributed by atoms with E-state index in [9.17, 15) is 0 Å². The molecule has 0 N–H and O–H groups in total. The van der Waals surface area contributed by atoms with E-state index in [0.29, 0.717) is 0 Å². The van der Waals surface area contributed by atoms with Crippen LogP contribution < -0.4 is 9.80 Å². The Kier molecular flexibility index (Phi) is 6.17. The van der Waals surface area contributed by atoms with Crippen molar-refractivity contribution in [1.29, 1.82) is 0 Å². The van der Waals surface area contributed by atoms with Gasteiger partial charge in [-0.25, -0.2) is 0 Å². The maximum absolute atomic E-state index is 2.38. The Hall–Kier alpha value is -5.80. The van der Waals surface area contributed by atoms with Gasteiger partial charge in [0.25, 0.3) is 0 Å². The molecule has 0 spiro atoms. The number of aromatic nitrogens is 1. The van der Waals surface area contributed by atoms with Gasteiger partial charge in [-0.05, 0) is 118 Å². The molecule has 7 aromatic rings. The van der Waals surface area contributed by atoms with Gasteiger partial charge in [-0.2, -0.15) is 0 Å². The summed E-state index contributed by atoms with van der Waals surface area (Å²) in [7, 11) is 2.18. The van der Waals surface area contributed by atoms with E-state index in [0.717, 1.165) is 47.2 Å². The Morgan fingerprint density at radius 1 is 0.370 bits per heavy atom. The molecule has 9 rings (SSSR count). The van der Waals surface area contributed by atoms with Crippen LogP contribution in [0.2, 0.25) is 0 Å². The molecule has 0 amide bonds. The van der Waals surface area contributed by atoms with Gasteiger partial charge in [0.1, 0.15) is 11.6 Å². The molecule has 0 saturated carbocycles. The first-order valence-corrected chi connectivity index (χ1v) is 16.0. The molecule has 1 heterocycles. The number of benzene rings is 6. The number of fused-ring (bicyclic) bond motifs is 6. The van der Waals surface area contributed by atoms with Crippen LogP contribution >= 0.6 is 0 Å². The predicted molar refractivity (Wildman–Crippen MR) is 191 cm³/mol. The van der Waals surface area contributed by atoms with E-state index < -0.39 is 0 Å². The first kappa shape index (κ1) is 26.6. The second-order valence-corrected chi connectivity index (χ2v) is 12.3. The molecule has 1 aromatic heterocycles. The minimum atomic E-state index is 0.963. The summed E-state index contributed by atoms with van der Waals surface area (Å²) in [5, 5.41) is 0. The van der Waals surface area contributed by atoms with Crippen LogP contribution in [0.4, 0.5) is 34.4 Å². The summed E-state index contributed by atoms with van der Waals surface area (Å²) in [6.45, 7) is 0. The Morgan fingerprint density at radius 2 is 0.761 bits per heavy atom. The number of hydrogen-bond acceptors (Lipinski definition) is 2. The maximum Gasteiger partial charge on any atom is 0.119 e. The zero-order valence-corrected chi connectivity index (χ0v) is 25.8. The van der Waals surface area contributed by atoms with Crippen molar-refractivity contribution in [3.05, 3.63) is 180 Å². The van der Waals surface area contributed by atoms with Gasteiger partial charge in [0, 0.05) is 29.8 Å². The van der Waals surface area contributed by atoms with Crippen LogP contribution in [0.5, 0.6) is 0 Å². The monoisotopic (exact) mass is 591 g/mol. The highest BCUT2D eigenvalue weighted by atomic mass is 15.3. The molecule has 0 radical (unpaired) electrons. The molecule has 3 heteroatoms. The van der Waals surface area contributed by atoms with Crippen molar-refractivity contribution in [2.75, 3.05) is 9.80 Å². The fraction of sp³-hybridized carbons (Fsp3) is 0.0698. The van der Waals surface area contributed by atoms with E-state index in [1.807, 2.05) is 0 Å². The van der Waals surface area contributed by atoms with Gasteiger partial charge in [0.15, 0.2) is 0 Å². The Balaban J connectivity index is 1.16.